The molecule has 5 nitrogen and oxygen atoms in total. The Labute approximate surface area is 81.3 Å². The van der Waals surface area contributed by atoms with E-state index in [2.05, 4.69) is 15.1 Å². The normalized spacial score (nSPS) is 10.7. The first-order valence-corrected chi connectivity index (χ1v) is 4.47. The second-order valence-corrected chi connectivity index (χ2v) is 3.12. The summed E-state index contributed by atoms with van der Waals surface area (Å²) in [7, 11) is 0. The number of rotatable bonds is 3. The van der Waals surface area contributed by atoms with Crippen LogP contribution in [0.2, 0.25) is 0 Å². The van der Waals surface area contributed by atoms with Gasteiger partial charge in [0.25, 0.3) is 0 Å². The molecule has 2 aromatic rings. The van der Waals surface area contributed by atoms with Gasteiger partial charge >= 0.3 is 0 Å². The summed E-state index contributed by atoms with van der Waals surface area (Å²) in [4.78, 5) is 7.31. The monoisotopic (exact) mass is 192 g/mol. The zero-order valence-electron chi connectivity index (χ0n) is 7.95. The van der Waals surface area contributed by atoms with Crippen LogP contribution >= 0.6 is 0 Å². The topological polar surface area (TPSA) is 80.7 Å². The van der Waals surface area contributed by atoms with Crippen molar-refractivity contribution in [3.63, 3.8) is 0 Å². The van der Waals surface area contributed by atoms with Crippen molar-refractivity contribution >= 4 is 0 Å². The molecular weight excluding hydrogens is 180 g/mol. The predicted molar refractivity (Wildman–Crippen MR) is 51.6 cm³/mol. The number of aromatic amines is 1. The first-order valence-electron chi connectivity index (χ1n) is 4.47. The van der Waals surface area contributed by atoms with Crippen molar-refractivity contribution in [2.24, 2.45) is 5.73 Å². The van der Waals surface area contributed by atoms with E-state index in [0.29, 0.717) is 6.54 Å². The number of aryl methyl sites for hydroxylation is 1. The highest BCUT2D eigenvalue weighted by molar-refractivity contribution is 5.54. The number of aromatic nitrogens is 3. The van der Waals surface area contributed by atoms with Gasteiger partial charge in [0, 0.05) is 12.0 Å². The smallest absolute Gasteiger partial charge is 0.187 e. The minimum atomic E-state index is 0.586. The fourth-order valence-electron chi connectivity index (χ4n) is 1.29. The number of hydrogen-bond acceptors (Lipinski definition) is 4. The third-order valence-corrected chi connectivity index (χ3v) is 2.00. The van der Waals surface area contributed by atoms with E-state index < -0.39 is 0 Å². The molecule has 14 heavy (non-hydrogen) atoms. The summed E-state index contributed by atoms with van der Waals surface area (Å²) in [6.45, 7) is 2.53. The third kappa shape index (κ3) is 1.54. The molecule has 3 N–H and O–H groups in total. The van der Waals surface area contributed by atoms with Crippen LogP contribution < -0.4 is 5.73 Å². The summed E-state index contributed by atoms with van der Waals surface area (Å²) >= 11 is 0. The van der Waals surface area contributed by atoms with E-state index in [1.807, 2.05) is 6.92 Å². The Morgan fingerprint density at radius 2 is 2.36 bits per heavy atom. The van der Waals surface area contributed by atoms with E-state index in [1.165, 1.54) is 0 Å². The molecule has 74 valence electrons. The molecule has 5 heteroatoms. The highest BCUT2D eigenvalue weighted by Crippen LogP contribution is 2.20. The molecule has 0 bridgehead atoms. The molecule has 0 saturated carbocycles. The zero-order chi connectivity index (χ0) is 9.97. The van der Waals surface area contributed by atoms with Crippen LogP contribution in [0.4, 0.5) is 0 Å². The number of hydrogen-bond donors (Lipinski definition) is 2. The molecule has 0 amide bonds. The van der Waals surface area contributed by atoms with Crippen LogP contribution in [0.15, 0.2) is 16.9 Å². The lowest BCUT2D eigenvalue weighted by Gasteiger charge is -1.92. The van der Waals surface area contributed by atoms with Crippen LogP contribution in [0, 0.1) is 6.92 Å². The summed E-state index contributed by atoms with van der Waals surface area (Å²) in [5, 5.41) is 3.71. The number of nitrogens with two attached hydrogens (primary N) is 1. The Bertz CT molecular complexity index is 418. The van der Waals surface area contributed by atoms with Crippen LogP contribution in [0.5, 0.6) is 0 Å². The Morgan fingerprint density at radius 3 is 3.00 bits per heavy atom. The molecule has 2 rings (SSSR count). The number of H-pyrrole nitrogens is 1. The van der Waals surface area contributed by atoms with Crippen molar-refractivity contribution in [2.45, 2.75) is 13.3 Å². The zero-order valence-corrected chi connectivity index (χ0v) is 7.95. The van der Waals surface area contributed by atoms with Crippen molar-refractivity contribution in [1.29, 1.82) is 0 Å². The minimum absolute atomic E-state index is 0.586. The van der Waals surface area contributed by atoms with Crippen molar-refractivity contribution in [3.05, 3.63) is 23.8 Å². The standard InChI is InChI=1S/C9H12N4O/c1-6-4-12-14-9(6)7-5-11-8(13-7)2-3-10/h4-5H,2-3,10H2,1H3,(H,11,13). The third-order valence-electron chi connectivity index (χ3n) is 2.00. The van der Waals surface area contributed by atoms with Crippen molar-refractivity contribution in [3.8, 4) is 11.5 Å². The Balaban J connectivity index is 2.29. The van der Waals surface area contributed by atoms with Crippen LogP contribution in [0.1, 0.15) is 11.4 Å². The number of imidazole rings is 1. The summed E-state index contributed by atoms with van der Waals surface area (Å²) < 4.78 is 5.09. The summed E-state index contributed by atoms with van der Waals surface area (Å²) in [6, 6.07) is 0. The van der Waals surface area contributed by atoms with Crippen LogP contribution in [-0.2, 0) is 6.42 Å². The van der Waals surface area contributed by atoms with Gasteiger partial charge in [-0.25, -0.2) is 4.98 Å². The highest BCUT2D eigenvalue weighted by Gasteiger charge is 2.09. The maximum absolute atomic E-state index is 5.42. The van der Waals surface area contributed by atoms with Gasteiger partial charge in [0.2, 0.25) is 0 Å². The van der Waals surface area contributed by atoms with Gasteiger partial charge in [0.1, 0.15) is 11.5 Å². The van der Waals surface area contributed by atoms with Gasteiger partial charge in [-0.05, 0) is 13.5 Å². The molecule has 0 saturated heterocycles. The fourth-order valence-corrected chi connectivity index (χ4v) is 1.29. The molecule has 0 radical (unpaired) electrons. The van der Waals surface area contributed by atoms with E-state index in [-0.39, 0.29) is 0 Å². The molecule has 0 spiro atoms. The van der Waals surface area contributed by atoms with Gasteiger partial charge in [-0.3, -0.25) is 0 Å². The van der Waals surface area contributed by atoms with Crippen molar-refractivity contribution < 1.29 is 4.52 Å². The van der Waals surface area contributed by atoms with Crippen LogP contribution in [0.3, 0.4) is 0 Å². The highest BCUT2D eigenvalue weighted by atomic mass is 16.5. The predicted octanol–water partition coefficient (Wildman–Crippen LogP) is 0.874. The number of nitrogens with zero attached hydrogens (tertiary/aromatic N) is 2. The maximum Gasteiger partial charge on any atom is 0.187 e. The lowest BCUT2D eigenvalue weighted by atomic mass is 10.2. The molecule has 0 aliphatic rings. The summed E-state index contributed by atoms with van der Waals surface area (Å²) in [5.74, 6) is 1.61. The maximum atomic E-state index is 5.42. The summed E-state index contributed by atoms with van der Waals surface area (Å²) in [6.07, 6.45) is 4.16. The van der Waals surface area contributed by atoms with Crippen LogP contribution in [0.25, 0.3) is 11.5 Å². The Hall–Kier alpha value is -1.62. The molecule has 0 aliphatic heterocycles. The van der Waals surface area contributed by atoms with Crippen molar-refractivity contribution in [2.75, 3.05) is 6.54 Å². The Kier molecular flexibility index (Phi) is 2.32. The molecule has 0 aliphatic carbocycles. The molecule has 2 heterocycles. The minimum Gasteiger partial charge on any atom is -0.354 e. The quantitative estimate of drug-likeness (QED) is 0.756. The average molecular weight is 192 g/mol. The Morgan fingerprint density at radius 1 is 1.50 bits per heavy atom. The first kappa shape index (κ1) is 8.96. The number of nitrogens with one attached hydrogen (secondary N) is 1. The van der Waals surface area contributed by atoms with Gasteiger partial charge in [-0.15, -0.1) is 0 Å². The second-order valence-electron chi connectivity index (χ2n) is 3.12. The molecular formula is C9H12N4O. The molecule has 0 aromatic carbocycles. The van der Waals surface area contributed by atoms with Gasteiger partial charge in [0.05, 0.1) is 12.4 Å². The van der Waals surface area contributed by atoms with Gasteiger partial charge in [-0.2, -0.15) is 0 Å². The molecule has 0 unspecified atom stereocenters. The second kappa shape index (κ2) is 3.63. The average Bonchev–Trinajstić information content (AvgIpc) is 2.74. The van der Waals surface area contributed by atoms with Gasteiger partial charge < -0.3 is 15.2 Å². The SMILES string of the molecule is Cc1cnoc1-c1cnc(CCN)[nH]1. The lowest BCUT2D eigenvalue weighted by Crippen LogP contribution is -2.03. The van der Waals surface area contributed by atoms with Gasteiger partial charge in [-0.1, -0.05) is 5.16 Å². The van der Waals surface area contributed by atoms with Gasteiger partial charge in [0.15, 0.2) is 5.76 Å². The van der Waals surface area contributed by atoms with E-state index in [4.69, 9.17) is 10.3 Å². The van der Waals surface area contributed by atoms with Crippen molar-refractivity contribution in [1.82, 2.24) is 15.1 Å². The molecule has 0 fully saturated rings. The fraction of sp³-hybridized carbons (Fsp3) is 0.333. The van der Waals surface area contributed by atoms with Crippen LogP contribution in [-0.4, -0.2) is 21.7 Å². The lowest BCUT2D eigenvalue weighted by molar-refractivity contribution is 0.430. The van der Waals surface area contributed by atoms with E-state index >= 15 is 0 Å². The van der Waals surface area contributed by atoms with E-state index in [0.717, 1.165) is 29.3 Å². The largest absolute Gasteiger partial charge is 0.354 e. The molecule has 2 aromatic heterocycles. The summed E-state index contributed by atoms with van der Waals surface area (Å²) in [5.41, 5.74) is 7.27. The molecule has 0 atom stereocenters. The van der Waals surface area contributed by atoms with E-state index in [9.17, 15) is 0 Å². The first-order chi connectivity index (χ1) is 6.81. The van der Waals surface area contributed by atoms with E-state index in [1.54, 1.807) is 12.4 Å².